The molecular formula is C15H20N2O8. The Hall–Kier alpha value is -2.91. The van der Waals surface area contributed by atoms with Gasteiger partial charge in [-0.05, 0) is 30.4 Å². The van der Waals surface area contributed by atoms with Crippen molar-refractivity contribution in [1.82, 2.24) is 0 Å². The fourth-order valence-corrected chi connectivity index (χ4v) is 2.10. The van der Waals surface area contributed by atoms with Crippen molar-refractivity contribution in [3.05, 3.63) is 55.6 Å². The first kappa shape index (κ1) is 20.1. The highest BCUT2D eigenvalue weighted by molar-refractivity contribution is 5.77. The van der Waals surface area contributed by atoms with Crippen LogP contribution in [0.3, 0.4) is 0 Å². The number of nitrogens with zero attached hydrogens (tertiary/aromatic N) is 2. The summed E-state index contributed by atoms with van der Waals surface area (Å²) in [5.41, 5.74) is 1.83. The predicted octanol–water partition coefficient (Wildman–Crippen LogP) is 2.27. The molecule has 1 unspecified atom stereocenters. The minimum Gasteiger partial charge on any atom is -0.461 e. The largest absolute Gasteiger partial charge is 0.461 e. The van der Waals surface area contributed by atoms with Gasteiger partial charge in [-0.25, -0.2) is 0 Å². The molecule has 0 spiro atoms. The maximum Gasteiger partial charge on any atom is 0.313 e. The molecule has 10 heteroatoms. The molecule has 0 radical (unpaired) electrons. The summed E-state index contributed by atoms with van der Waals surface area (Å²) in [7, 11) is 0. The van der Waals surface area contributed by atoms with Gasteiger partial charge in [0.15, 0.2) is 0 Å². The van der Waals surface area contributed by atoms with Crippen LogP contribution in [0, 0.1) is 26.1 Å². The van der Waals surface area contributed by atoms with Gasteiger partial charge in [0.1, 0.15) is 6.61 Å². The third-order valence-corrected chi connectivity index (χ3v) is 3.25. The van der Waals surface area contributed by atoms with E-state index in [9.17, 15) is 25.0 Å². The molecule has 0 aliphatic heterocycles. The van der Waals surface area contributed by atoms with Gasteiger partial charge in [0.05, 0.1) is 5.92 Å². The highest BCUT2D eigenvalue weighted by atomic mass is 17.0. The number of ether oxygens (including phenoxy) is 1. The van der Waals surface area contributed by atoms with Crippen molar-refractivity contribution >= 4 is 5.97 Å². The molecule has 0 aromatic heterocycles. The summed E-state index contributed by atoms with van der Waals surface area (Å²) in [6.45, 7) is 5.02. The molecule has 1 aromatic rings. The molecule has 0 saturated carbocycles. The summed E-state index contributed by atoms with van der Waals surface area (Å²) >= 11 is 0. The molecule has 0 N–H and O–H groups in total. The van der Waals surface area contributed by atoms with Crippen LogP contribution in [0.4, 0.5) is 0 Å². The normalized spacial score (nSPS) is 11.9. The van der Waals surface area contributed by atoms with Crippen molar-refractivity contribution in [1.29, 1.82) is 0 Å². The Bertz CT molecular complexity index is 586. The van der Waals surface area contributed by atoms with Crippen molar-refractivity contribution in [3.8, 4) is 0 Å². The molecule has 10 nitrogen and oxygen atoms in total. The molecule has 1 aromatic carbocycles. The summed E-state index contributed by atoms with van der Waals surface area (Å²) in [4.78, 5) is 40.4. The van der Waals surface area contributed by atoms with Gasteiger partial charge in [0, 0.05) is 0 Å². The van der Waals surface area contributed by atoms with Gasteiger partial charge in [0.25, 0.3) is 16.5 Å². The first-order chi connectivity index (χ1) is 11.7. The van der Waals surface area contributed by atoms with Gasteiger partial charge in [0.2, 0.25) is 0 Å². The van der Waals surface area contributed by atoms with Crippen LogP contribution in [0.5, 0.6) is 0 Å². The van der Waals surface area contributed by atoms with E-state index in [1.54, 1.807) is 19.1 Å². The molecular weight excluding hydrogens is 336 g/mol. The molecule has 0 fully saturated rings. The molecule has 0 saturated heterocycles. The second-order valence-corrected chi connectivity index (χ2v) is 5.78. The van der Waals surface area contributed by atoms with Crippen LogP contribution >= 0.6 is 0 Å². The molecule has 0 heterocycles. The van der Waals surface area contributed by atoms with E-state index in [4.69, 9.17) is 4.74 Å². The minimum atomic E-state index is -1.94. The quantitative estimate of drug-likeness (QED) is 0.270. The van der Waals surface area contributed by atoms with Gasteiger partial charge in [-0.2, -0.15) is 0 Å². The number of carbonyl (C=O) groups excluding carboxylic acids is 1. The van der Waals surface area contributed by atoms with E-state index < -0.39 is 35.0 Å². The van der Waals surface area contributed by atoms with E-state index in [-0.39, 0.29) is 0 Å². The van der Waals surface area contributed by atoms with Crippen molar-refractivity contribution < 1.29 is 29.4 Å². The summed E-state index contributed by atoms with van der Waals surface area (Å²) < 4.78 is 4.82. The number of hydrogen-bond acceptors (Lipinski definition) is 8. The van der Waals surface area contributed by atoms with Crippen molar-refractivity contribution in [3.63, 3.8) is 0 Å². The monoisotopic (exact) mass is 356 g/mol. The molecule has 25 heavy (non-hydrogen) atoms. The first-order valence-electron chi connectivity index (χ1n) is 7.56. The fraction of sp³-hybridized carbons (Fsp3) is 0.533. The second kappa shape index (κ2) is 9.40. The lowest BCUT2D eigenvalue weighted by Gasteiger charge is -2.16. The Labute approximate surface area is 143 Å². The predicted molar refractivity (Wildman–Crippen MR) is 84.3 cm³/mol. The zero-order valence-electron chi connectivity index (χ0n) is 14.1. The summed E-state index contributed by atoms with van der Waals surface area (Å²) in [5, 5.41) is 17.9. The van der Waals surface area contributed by atoms with Crippen LogP contribution in [0.15, 0.2) is 24.3 Å². The number of hydrogen-bond donors (Lipinski definition) is 0. The second-order valence-electron chi connectivity index (χ2n) is 5.78. The van der Waals surface area contributed by atoms with Gasteiger partial charge < -0.3 is 4.74 Å². The van der Waals surface area contributed by atoms with Gasteiger partial charge >= 0.3 is 5.97 Å². The van der Waals surface area contributed by atoms with Gasteiger partial charge in [-0.15, -0.1) is 20.2 Å². The topological polar surface area (TPSA) is 131 Å². The van der Waals surface area contributed by atoms with E-state index >= 15 is 0 Å². The number of benzene rings is 1. The fourth-order valence-electron chi connectivity index (χ4n) is 2.10. The van der Waals surface area contributed by atoms with Crippen LogP contribution in [-0.2, 0) is 25.6 Å². The van der Waals surface area contributed by atoms with E-state index in [1.165, 1.54) is 0 Å². The third-order valence-electron chi connectivity index (χ3n) is 3.25. The molecule has 0 amide bonds. The smallest absolute Gasteiger partial charge is 0.313 e. The lowest BCUT2D eigenvalue weighted by molar-refractivity contribution is -0.851. The van der Waals surface area contributed by atoms with Gasteiger partial charge in [-0.3, -0.25) is 14.5 Å². The van der Waals surface area contributed by atoms with Crippen molar-refractivity contribution in [2.75, 3.05) is 6.61 Å². The number of carbonyl (C=O) groups is 1. The zero-order valence-corrected chi connectivity index (χ0v) is 14.1. The van der Waals surface area contributed by atoms with Crippen LogP contribution in [0.2, 0.25) is 0 Å². The van der Waals surface area contributed by atoms with Gasteiger partial charge in [-0.1, -0.05) is 38.1 Å². The number of rotatable bonds is 10. The highest BCUT2D eigenvalue weighted by Gasteiger charge is 2.23. The number of esters is 1. The van der Waals surface area contributed by atoms with E-state index in [2.05, 4.69) is 23.5 Å². The SMILES string of the molecule is CC(C)Cc1ccc(C(C)C(=O)OCC(O[N+](=O)[O-])O[N+](=O)[O-])cc1. The molecule has 138 valence electrons. The third kappa shape index (κ3) is 7.46. The van der Waals surface area contributed by atoms with E-state index in [0.717, 1.165) is 12.0 Å². The van der Waals surface area contributed by atoms with E-state index in [0.29, 0.717) is 11.5 Å². The maximum absolute atomic E-state index is 12.0. The first-order valence-corrected chi connectivity index (χ1v) is 7.56. The zero-order chi connectivity index (χ0) is 19.0. The maximum atomic E-state index is 12.0. The van der Waals surface area contributed by atoms with Crippen LogP contribution in [-0.4, -0.2) is 29.0 Å². The molecule has 1 rings (SSSR count). The summed E-state index contributed by atoms with van der Waals surface area (Å²) in [6.07, 6.45) is -1.02. The summed E-state index contributed by atoms with van der Waals surface area (Å²) in [6, 6.07) is 7.41. The Morgan fingerprint density at radius 2 is 1.56 bits per heavy atom. The lowest BCUT2D eigenvalue weighted by atomic mass is 9.97. The lowest BCUT2D eigenvalue weighted by Crippen LogP contribution is -2.30. The average molecular weight is 356 g/mol. The minimum absolute atomic E-state index is 0.508. The van der Waals surface area contributed by atoms with Crippen LogP contribution in [0.25, 0.3) is 0 Å². The van der Waals surface area contributed by atoms with Crippen LogP contribution in [0.1, 0.15) is 37.8 Å². The Balaban J connectivity index is 2.62. The highest BCUT2D eigenvalue weighted by Crippen LogP contribution is 2.19. The Morgan fingerprint density at radius 3 is 2.00 bits per heavy atom. The van der Waals surface area contributed by atoms with Crippen molar-refractivity contribution in [2.45, 2.75) is 39.4 Å². The van der Waals surface area contributed by atoms with E-state index in [1.807, 2.05) is 12.1 Å². The molecule has 1 atom stereocenters. The molecule has 0 bridgehead atoms. The van der Waals surface area contributed by atoms with Crippen molar-refractivity contribution in [2.24, 2.45) is 5.92 Å². The summed E-state index contributed by atoms with van der Waals surface area (Å²) in [5.74, 6) is -0.853. The standard InChI is InChI=1S/C15H20N2O8/c1-10(2)8-12-4-6-13(7-5-12)11(3)15(18)23-9-14(24-16(19)20)25-17(21)22/h4-7,10-11,14H,8-9H2,1-3H3. The molecule has 0 aliphatic rings. The average Bonchev–Trinajstić information content (AvgIpc) is 2.50. The van der Waals surface area contributed by atoms with Crippen LogP contribution < -0.4 is 0 Å². The Morgan fingerprint density at radius 1 is 1.04 bits per heavy atom. The molecule has 0 aliphatic carbocycles. The Kier molecular flexibility index (Phi) is 7.57.